The molecule has 0 aliphatic rings. The van der Waals surface area contributed by atoms with Gasteiger partial charge in [0.1, 0.15) is 17.2 Å². The summed E-state index contributed by atoms with van der Waals surface area (Å²) in [6.07, 6.45) is 0. The molecule has 0 unspecified atom stereocenters. The number of anilines is 2. The van der Waals surface area contributed by atoms with Crippen molar-refractivity contribution < 1.29 is 14.3 Å². The molecule has 0 heterocycles. The number of methoxy groups -OCH3 is 2. The van der Waals surface area contributed by atoms with E-state index in [1.165, 1.54) is 14.2 Å². The highest BCUT2D eigenvalue weighted by Gasteiger charge is 2.15. The molecule has 0 saturated carbocycles. The number of hydrogen-bond acceptors (Lipinski definition) is 3. The molecule has 0 saturated heterocycles. The predicted octanol–water partition coefficient (Wildman–Crippen LogP) is 4.62. The van der Waals surface area contributed by atoms with Crippen LogP contribution in [0, 0.1) is 13.8 Å². The number of carbonyl (C=O) groups excluding carboxylic acids is 1. The maximum atomic E-state index is 12.3. The third-order valence-electron chi connectivity index (χ3n) is 3.34. The first-order chi connectivity index (χ1) is 11.0. The van der Waals surface area contributed by atoms with Crippen molar-refractivity contribution in [2.24, 2.45) is 0 Å². The molecule has 6 heteroatoms. The highest BCUT2D eigenvalue weighted by atomic mass is 35.5. The third-order valence-corrected chi connectivity index (χ3v) is 3.63. The van der Waals surface area contributed by atoms with E-state index < -0.39 is 6.03 Å². The minimum atomic E-state index is -0.429. The SMILES string of the molecule is COc1cccc(OC)c1NC(=O)Nc1c(C)cc(C)cc1Cl. The van der Waals surface area contributed by atoms with Gasteiger partial charge in [0, 0.05) is 0 Å². The van der Waals surface area contributed by atoms with E-state index in [0.29, 0.717) is 27.9 Å². The standard InChI is InChI=1S/C17H19ClN2O3/c1-10-8-11(2)15(12(18)9-10)19-17(21)20-16-13(22-3)6-5-7-14(16)23-4/h5-9H,1-4H3,(H2,19,20,21). The van der Waals surface area contributed by atoms with Gasteiger partial charge in [0.15, 0.2) is 0 Å². The van der Waals surface area contributed by atoms with Crippen LogP contribution in [-0.4, -0.2) is 20.3 Å². The summed E-state index contributed by atoms with van der Waals surface area (Å²) in [6, 6.07) is 8.58. The Hall–Kier alpha value is -2.40. The summed E-state index contributed by atoms with van der Waals surface area (Å²) in [6.45, 7) is 3.83. The minimum absolute atomic E-state index is 0.429. The summed E-state index contributed by atoms with van der Waals surface area (Å²) < 4.78 is 10.5. The minimum Gasteiger partial charge on any atom is -0.494 e. The van der Waals surface area contributed by atoms with Crippen molar-refractivity contribution in [1.29, 1.82) is 0 Å². The lowest BCUT2D eigenvalue weighted by Crippen LogP contribution is -2.21. The van der Waals surface area contributed by atoms with Crippen LogP contribution in [0.3, 0.4) is 0 Å². The fraction of sp³-hybridized carbons (Fsp3) is 0.235. The Balaban J connectivity index is 2.24. The smallest absolute Gasteiger partial charge is 0.323 e. The second-order valence-corrected chi connectivity index (χ2v) is 5.46. The summed E-state index contributed by atoms with van der Waals surface area (Å²) >= 11 is 6.21. The number of halogens is 1. The average Bonchev–Trinajstić information content (AvgIpc) is 2.51. The summed E-state index contributed by atoms with van der Waals surface area (Å²) in [5.74, 6) is 1.01. The molecule has 0 spiro atoms. The zero-order valence-corrected chi connectivity index (χ0v) is 14.2. The largest absolute Gasteiger partial charge is 0.494 e. The van der Waals surface area contributed by atoms with E-state index in [0.717, 1.165) is 11.1 Å². The first kappa shape index (κ1) is 17.0. The van der Waals surface area contributed by atoms with Crippen LogP contribution in [0.4, 0.5) is 16.2 Å². The number of urea groups is 1. The Kier molecular flexibility index (Phi) is 5.34. The molecule has 0 aliphatic heterocycles. The van der Waals surface area contributed by atoms with Gasteiger partial charge in [0.05, 0.1) is 24.9 Å². The lowest BCUT2D eigenvalue weighted by Gasteiger charge is -2.16. The highest BCUT2D eigenvalue weighted by Crippen LogP contribution is 2.34. The van der Waals surface area contributed by atoms with E-state index in [1.807, 2.05) is 19.9 Å². The first-order valence-corrected chi connectivity index (χ1v) is 7.39. The number of ether oxygens (including phenoxy) is 2. The van der Waals surface area contributed by atoms with E-state index in [2.05, 4.69) is 10.6 Å². The van der Waals surface area contributed by atoms with Crippen LogP contribution >= 0.6 is 11.6 Å². The number of para-hydroxylation sites is 1. The van der Waals surface area contributed by atoms with Crippen molar-refractivity contribution in [2.75, 3.05) is 24.9 Å². The van der Waals surface area contributed by atoms with Gasteiger partial charge in [0.2, 0.25) is 0 Å². The van der Waals surface area contributed by atoms with Crippen LogP contribution in [0.25, 0.3) is 0 Å². The van der Waals surface area contributed by atoms with E-state index in [1.54, 1.807) is 24.3 Å². The third kappa shape index (κ3) is 3.87. The van der Waals surface area contributed by atoms with Crippen molar-refractivity contribution in [1.82, 2.24) is 0 Å². The van der Waals surface area contributed by atoms with Gasteiger partial charge in [-0.15, -0.1) is 0 Å². The Morgan fingerprint density at radius 1 is 1.00 bits per heavy atom. The van der Waals surface area contributed by atoms with Gasteiger partial charge < -0.3 is 20.1 Å². The van der Waals surface area contributed by atoms with Crippen LogP contribution in [0.1, 0.15) is 11.1 Å². The van der Waals surface area contributed by atoms with E-state index in [-0.39, 0.29) is 0 Å². The molecule has 0 aromatic heterocycles. The van der Waals surface area contributed by atoms with Crippen molar-refractivity contribution >= 4 is 29.0 Å². The molecule has 2 amide bonds. The molecule has 0 radical (unpaired) electrons. The quantitative estimate of drug-likeness (QED) is 0.857. The molecule has 0 atom stereocenters. The maximum Gasteiger partial charge on any atom is 0.323 e. The van der Waals surface area contributed by atoms with Crippen LogP contribution < -0.4 is 20.1 Å². The second-order valence-electron chi connectivity index (χ2n) is 5.06. The van der Waals surface area contributed by atoms with Crippen LogP contribution in [-0.2, 0) is 0 Å². The van der Waals surface area contributed by atoms with Crippen molar-refractivity contribution in [3.63, 3.8) is 0 Å². The van der Waals surface area contributed by atoms with E-state index in [4.69, 9.17) is 21.1 Å². The molecule has 2 N–H and O–H groups in total. The predicted molar refractivity (Wildman–Crippen MR) is 93.1 cm³/mol. The van der Waals surface area contributed by atoms with Gasteiger partial charge in [-0.2, -0.15) is 0 Å². The zero-order chi connectivity index (χ0) is 17.0. The lowest BCUT2D eigenvalue weighted by molar-refractivity contribution is 0.262. The number of hydrogen-bond donors (Lipinski definition) is 2. The Morgan fingerprint density at radius 3 is 2.09 bits per heavy atom. The highest BCUT2D eigenvalue weighted by molar-refractivity contribution is 6.34. The Bertz CT molecular complexity index is 687. The van der Waals surface area contributed by atoms with Gasteiger partial charge in [-0.1, -0.05) is 23.7 Å². The fourth-order valence-electron chi connectivity index (χ4n) is 2.31. The van der Waals surface area contributed by atoms with Crippen LogP contribution in [0.2, 0.25) is 5.02 Å². The molecule has 23 heavy (non-hydrogen) atoms. The number of amides is 2. The number of nitrogens with one attached hydrogen (secondary N) is 2. The van der Waals surface area contributed by atoms with Gasteiger partial charge in [-0.05, 0) is 43.2 Å². The summed E-state index contributed by atoms with van der Waals surface area (Å²) in [5, 5.41) is 5.99. The summed E-state index contributed by atoms with van der Waals surface area (Å²) in [4.78, 5) is 12.3. The van der Waals surface area contributed by atoms with Gasteiger partial charge in [-0.25, -0.2) is 4.79 Å². The average molecular weight is 335 g/mol. The monoisotopic (exact) mass is 334 g/mol. The molecule has 2 aromatic carbocycles. The topological polar surface area (TPSA) is 59.6 Å². The van der Waals surface area contributed by atoms with Crippen molar-refractivity contribution in [2.45, 2.75) is 13.8 Å². The lowest BCUT2D eigenvalue weighted by atomic mass is 10.1. The Labute approximate surface area is 140 Å². The van der Waals surface area contributed by atoms with E-state index >= 15 is 0 Å². The fourth-order valence-corrected chi connectivity index (χ4v) is 2.68. The first-order valence-electron chi connectivity index (χ1n) is 7.02. The Morgan fingerprint density at radius 2 is 1.57 bits per heavy atom. The van der Waals surface area contributed by atoms with Gasteiger partial charge in [-0.3, -0.25) is 0 Å². The number of carbonyl (C=O) groups is 1. The van der Waals surface area contributed by atoms with E-state index in [9.17, 15) is 4.79 Å². The molecule has 5 nitrogen and oxygen atoms in total. The zero-order valence-electron chi connectivity index (χ0n) is 13.5. The second kappa shape index (κ2) is 7.24. The molecule has 2 aromatic rings. The molecule has 2 rings (SSSR count). The van der Waals surface area contributed by atoms with Crippen molar-refractivity contribution in [3.05, 3.63) is 46.5 Å². The molecule has 0 bridgehead atoms. The molecule has 0 fully saturated rings. The van der Waals surface area contributed by atoms with Gasteiger partial charge >= 0.3 is 6.03 Å². The molecule has 122 valence electrons. The molecule has 0 aliphatic carbocycles. The molecular formula is C17H19ClN2O3. The molecular weight excluding hydrogens is 316 g/mol. The number of aryl methyl sites for hydroxylation is 2. The maximum absolute atomic E-state index is 12.3. The van der Waals surface area contributed by atoms with Gasteiger partial charge in [0.25, 0.3) is 0 Å². The summed E-state index contributed by atoms with van der Waals surface area (Å²) in [7, 11) is 3.05. The van der Waals surface area contributed by atoms with Crippen molar-refractivity contribution in [3.8, 4) is 11.5 Å². The number of benzene rings is 2. The normalized spacial score (nSPS) is 10.1. The number of rotatable bonds is 4. The van der Waals surface area contributed by atoms with Crippen LogP contribution in [0.15, 0.2) is 30.3 Å². The summed E-state index contributed by atoms with van der Waals surface area (Å²) in [5.41, 5.74) is 2.95. The van der Waals surface area contributed by atoms with Crippen LogP contribution in [0.5, 0.6) is 11.5 Å².